The Morgan fingerprint density at radius 3 is 2.81 bits per heavy atom. The van der Waals surface area contributed by atoms with Crippen molar-refractivity contribution < 1.29 is 14.3 Å². The second-order valence-electron chi connectivity index (χ2n) is 3.90. The number of ether oxygens (including phenoxy) is 2. The molecule has 8 heteroatoms. The fourth-order valence-electron chi connectivity index (χ4n) is 1.66. The van der Waals surface area contributed by atoms with E-state index in [1.807, 2.05) is 6.07 Å². The summed E-state index contributed by atoms with van der Waals surface area (Å²) in [6.45, 7) is 0.396. The fraction of sp³-hybridized carbons (Fsp3) is 0.231. The summed E-state index contributed by atoms with van der Waals surface area (Å²) in [5, 5.41) is 4.26. The second kappa shape index (κ2) is 6.98. The molecule has 5 nitrogen and oxygen atoms in total. The Balaban J connectivity index is 2.16. The minimum atomic E-state index is -0.513. The lowest BCUT2D eigenvalue weighted by Crippen LogP contribution is -2.02. The van der Waals surface area contributed by atoms with E-state index in [1.54, 1.807) is 19.2 Å². The number of hydrogen-bond donors (Lipinski definition) is 1. The molecule has 1 heterocycles. The van der Waals surface area contributed by atoms with Crippen molar-refractivity contribution >= 4 is 45.6 Å². The monoisotopic (exact) mass is 346 g/mol. The van der Waals surface area contributed by atoms with Crippen LogP contribution in [-0.4, -0.2) is 25.2 Å². The highest BCUT2D eigenvalue weighted by Crippen LogP contribution is 2.30. The van der Waals surface area contributed by atoms with Crippen molar-refractivity contribution in [1.29, 1.82) is 0 Å². The number of nitrogens with zero attached hydrogens (tertiary/aromatic N) is 1. The molecule has 0 amide bonds. The minimum absolute atomic E-state index is 0.112. The average Bonchev–Trinajstić information content (AvgIpc) is 2.86. The highest BCUT2D eigenvalue weighted by Gasteiger charge is 2.17. The van der Waals surface area contributed by atoms with E-state index in [0.717, 1.165) is 16.9 Å². The molecule has 2 rings (SSSR count). The van der Waals surface area contributed by atoms with E-state index >= 15 is 0 Å². The van der Waals surface area contributed by atoms with Crippen molar-refractivity contribution in [2.45, 2.75) is 6.54 Å². The summed E-state index contributed by atoms with van der Waals surface area (Å²) in [5.74, 6) is 0.159. The normalized spacial score (nSPS) is 10.3. The maximum absolute atomic E-state index is 11.5. The van der Waals surface area contributed by atoms with Gasteiger partial charge in [0.1, 0.15) is 5.75 Å². The Kier molecular flexibility index (Phi) is 5.27. The molecule has 0 spiro atoms. The third-order valence-corrected chi connectivity index (χ3v) is 4.40. The van der Waals surface area contributed by atoms with Gasteiger partial charge in [-0.25, -0.2) is 9.78 Å². The first-order valence-corrected chi connectivity index (χ1v) is 7.44. The number of carbonyl (C=O) groups excluding carboxylic acids is 1. The molecule has 0 bridgehead atoms. The molecule has 0 atom stereocenters. The SMILES string of the molecule is COC(=O)c1sc(NCc2c(Cl)cccc2OC)nc1Cl. The van der Waals surface area contributed by atoms with E-state index in [2.05, 4.69) is 15.0 Å². The van der Waals surface area contributed by atoms with Gasteiger partial charge in [-0.15, -0.1) is 0 Å². The van der Waals surface area contributed by atoms with Crippen molar-refractivity contribution in [2.24, 2.45) is 0 Å². The van der Waals surface area contributed by atoms with Crippen LogP contribution in [0.2, 0.25) is 10.2 Å². The van der Waals surface area contributed by atoms with E-state index in [4.69, 9.17) is 27.9 Å². The molecule has 1 aromatic carbocycles. The van der Waals surface area contributed by atoms with Gasteiger partial charge in [0, 0.05) is 17.1 Å². The van der Waals surface area contributed by atoms with Gasteiger partial charge < -0.3 is 14.8 Å². The van der Waals surface area contributed by atoms with Gasteiger partial charge in [0.25, 0.3) is 0 Å². The van der Waals surface area contributed by atoms with Crippen LogP contribution in [0.15, 0.2) is 18.2 Å². The maximum atomic E-state index is 11.5. The Hall–Kier alpha value is -1.50. The molecule has 0 saturated heterocycles. The molecule has 0 aliphatic carbocycles. The number of esters is 1. The number of anilines is 1. The molecule has 1 N–H and O–H groups in total. The lowest BCUT2D eigenvalue weighted by atomic mass is 10.2. The number of rotatable bonds is 5. The van der Waals surface area contributed by atoms with E-state index in [0.29, 0.717) is 22.4 Å². The number of thiazole rings is 1. The van der Waals surface area contributed by atoms with E-state index in [9.17, 15) is 4.79 Å². The predicted molar refractivity (Wildman–Crippen MR) is 83.8 cm³/mol. The number of benzene rings is 1. The zero-order chi connectivity index (χ0) is 15.4. The molecule has 112 valence electrons. The first kappa shape index (κ1) is 15.9. The number of carbonyl (C=O) groups is 1. The number of hydrogen-bond acceptors (Lipinski definition) is 6. The number of aromatic nitrogens is 1. The zero-order valence-corrected chi connectivity index (χ0v) is 13.6. The van der Waals surface area contributed by atoms with Crippen LogP contribution < -0.4 is 10.1 Å². The van der Waals surface area contributed by atoms with E-state index in [-0.39, 0.29) is 10.0 Å². The Morgan fingerprint density at radius 2 is 2.14 bits per heavy atom. The molecule has 0 radical (unpaired) electrons. The van der Waals surface area contributed by atoms with Gasteiger partial charge >= 0.3 is 5.97 Å². The third kappa shape index (κ3) is 3.58. The minimum Gasteiger partial charge on any atom is -0.496 e. The molecule has 0 aliphatic rings. The highest BCUT2D eigenvalue weighted by molar-refractivity contribution is 7.18. The predicted octanol–water partition coefficient (Wildman–Crippen LogP) is 3.86. The van der Waals surface area contributed by atoms with Gasteiger partial charge in [-0.3, -0.25) is 0 Å². The van der Waals surface area contributed by atoms with Gasteiger partial charge in [0.05, 0.1) is 14.2 Å². The van der Waals surface area contributed by atoms with Crippen LogP contribution in [0.25, 0.3) is 0 Å². The fourth-order valence-corrected chi connectivity index (χ4v) is 2.99. The van der Waals surface area contributed by atoms with Gasteiger partial charge in [-0.1, -0.05) is 40.6 Å². The van der Waals surface area contributed by atoms with Crippen LogP contribution in [0.3, 0.4) is 0 Å². The van der Waals surface area contributed by atoms with Crippen molar-refractivity contribution in [2.75, 3.05) is 19.5 Å². The summed E-state index contributed by atoms with van der Waals surface area (Å²) in [4.78, 5) is 15.8. The van der Waals surface area contributed by atoms with E-state index in [1.165, 1.54) is 7.11 Å². The van der Waals surface area contributed by atoms with Crippen molar-refractivity contribution in [3.05, 3.63) is 38.8 Å². The second-order valence-corrected chi connectivity index (χ2v) is 5.67. The standard InChI is InChI=1S/C13H12Cl2N2O3S/c1-19-9-5-3-4-8(14)7(9)6-16-13-17-11(15)10(21-13)12(18)20-2/h3-5H,6H2,1-2H3,(H,16,17). The Bertz CT molecular complexity index is 661. The molecule has 0 fully saturated rings. The summed E-state index contributed by atoms with van der Waals surface area (Å²) in [6.07, 6.45) is 0. The molecular weight excluding hydrogens is 335 g/mol. The molecule has 1 aromatic heterocycles. The summed E-state index contributed by atoms with van der Waals surface area (Å²) >= 11 is 13.2. The van der Waals surface area contributed by atoms with Crippen LogP contribution >= 0.6 is 34.5 Å². The molecule has 0 saturated carbocycles. The van der Waals surface area contributed by atoms with Crippen LogP contribution in [0.5, 0.6) is 5.75 Å². The van der Waals surface area contributed by atoms with Gasteiger partial charge in [-0.05, 0) is 12.1 Å². The number of halogens is 2. The smallest absolute Gasteiger partial charge is 0.351 e. The quantitative estimate of drug-likeness (QED) is 0.833. The van der Waals surface area contributed by atoms with Crippen LogP contribution in [0, 0.1) is 0 Å². The van der Waals surface area contributed by atoms with Crippen molar-refractivity contribution in [3.8, 4) is 5.75 Å². The number of nitrogens with one attached hydrogen (secondary N) is 1. The Labute approximate surface area is 135 Å². The van der Waals surface area contributed by atoms with Crippen molar-refractivity contribution in [3.63, 3.8) is 0 Å². The molecule has 21 heavy (non-hydrogen) atoms. The topological polar surface area (TPSA) is 60.5 Å². The molecular formula is C13H12Cl2N2O3S. The lowest BCUT2D eigenvalue weighted by molar-refractivity contribution is 0.0606. The average molecular weight is 347 g/mol. The lowest BCUT2D eigenvalue weighted by Gasteiger charge is -2.10. The van der Waals surface area contributed by atoms with E-state index < -0.39 is 5.97 Å². The molecule has 2 aromatic rings. The van der Waals surface area contributed by atoms with Crippen LogP contribution in [0.1, 0.15) is 15.2 Å². The van der Waals surface area contributed by atoms with Gasteiger partial charge in [0.2, 0.25) is 0 Å². The number of methoxy groups -OCH3 is 2. The third-order valence-electron chi connectivity index (χ3n) is 2.67. The largest absolute Gasteiger partial charge is 0.496 e. The summed E-state index contributed by atoms with van der Waals surface area (Å²) in [6, 6.07) is 5.40. The van der Waals surface area contributed by atoms with Gasteiger partial charge in [0.15, 0.2) is 15.2 Å². The summed E-state index contributed by atoms with van der Waals surface area (Å²) in [5.41, 5.74) is 0.799. The van der Waals surface area contributed by atoms with Crippen LogP contribution in [0.4, 0.5) is 5.13 Å². The molecule has 0 aliphatic heterocycles. The van der Waals surface area contributed by atoms with Gasteiger partial charge in [-0.2, -0.15) is 0 Å². The first-order chi connectivity index (χ1) is 10.1. The first-order valence-electron chi connectivity index (χ1n) is 5.86. The highest BCUT2D eigenvalue weighted by atomic mass is 35.5. The van der Waals surface area contributed by atoms with Crippen LogP contribution in [-0.2, 0) is 11.3 Å². The van der Waals surface area contributed by atoms with Crippen molar-refractivity contribution in [1.82, 2.24) is 4.98 Å². The molecule has 0 unspecified atom stereocenters. The zero-order valence-electron chi connectivity index (χ0n) is 11.3. The Morgan fingerprint density at radius 1 is 1.38 bits per heavy atom. The summed E-state index contributed by atoms with van der Waals surface area (Å²) < 4.78 is 9.88. The summed E-state index contributed by atoms with van der Waals surface area (Å²) in [7, 11) is 2.87. The maximum Gasteiger partial charge on any atom is 0.351 e.